The molecule has 0 atom stereocenters. The molecule has 1 saturated heterocycles. The Bertz CT molecular complexity index is 1180. The summed E-state index contributed by atoms with van der Waals surface area (Å²) >= 11 is 6.13. The number of sulfonamides is 1. The largest absolute Gasteiger partial charge is 0.445 e. The van der Waals surface area contributed by atoms with Gasteiger partial charge in [-0.25, -0.2) is 23.2 Å². The third kappa shape index (κ3) is 5.05. The number of amides is 1. The zero-order chi connectivity index (χ0) is 21.8. The highest BCUT2D eigenvalue weighted by Gasteiger charge is 2.33. The number of rotatable bonds is 5. The average Bonchev–Trinajstić information content (AvgIpc) is 2.78. The molecule has 1 amide bonds. The van der Waals surface area contributed by atoms with Crippen LogP contribution in [0.25, 0.3) is 11.0 Å². The Balaban J connectivity index is 1.35. The van der Waals surface area contributed by atoms with E-state index in [1.807, 2.05) is 30.3 Å². The first-order valence-corrected chi connectivity index (χ1v) is 11.7. The lowest BCUT2D eigenvalue weighted by atomic mass is 10.1. The van der Waals surface area contributed by atoms with E-state index in [-0.39, 0.29) is 43.5 Å². The maximum Gasteiger partial charge on any atom is 0.410 e. The van der Waals surface area contributed by atoms with E-state index in [1.54, 1.807) is 24.3 Å². The van der Waals surface area contributed by atoms with Crippen molar-refractivity contribution in [3.05, 3.63) is 65.3 Å². The molecule has 4 rings (SSSR count). The standard InChI is InChI=1S/C21H21ClN4O4S/c22-19-20(24-18-9-5-4-8-17(18)23-19)25-31(28,29)16-10-12-26(13-11-16)21(27)30-14-15-6-2-1-3-7-15/h1-9,16H,10-14H2,(H,24,25). The van der Waals surface area contributed by atoms with E-state index in [2.05, 4.69) is 14.7 Å². The van der Waals surface area contributed by atoms with Crippen molar-refractivity contribution in [3.8, 4) is 0 Å². The van der Waals surface area contributed by atoms with Gasteiger partial charge >= 0.3 is 6.09 Å². The number of hydrogen-bond acceptors (Lipinski definition) is 6. The Morgan fingerprint density at radius 3 is 2.32 bits per heavy atom. The first-order valence-electron chi connectivity index (χ1n) is 9.82. The van der Waals surface area contributed by atoms with Crippen LogP contribution < -0.4 is 4.72 Å². The molecule has 0 radical (unpaired) electrons. The number of ether oxygens (including phenoxy) is 1. The Morgan fingerprint density at radius 2 is 1.65 bits per heavy atom. The van der Waals surface area contributed by atoms with Crippen molar-refractivity contribution in [2.45, 2.75) is 24.7 Å². The molecule has 1 aromatic heterocycles. The van der Waals surface area contributed by atoms with E-state index in [4.69, 9.17) is 16.3 Å². The number of para-hydroxylation sites is 2. The normalized spacial score (nSPS) is 15.1. The summed E-state index contributed by atoms with van der Waals surface area (Å²) in [5, 5.41) is -0.681. The second kappa shape index (κ2) is 9.07. The molecule has 0 aliphatic carbocycles. The topological polar surface area (TPSA) is 101 Å². The van der Waals surface area contributed by atoms with Crippen molar-refractivity contribution < 1.29 is 17.9 Å². The van der Waals surface area contributed by atoms with E-state index in [0.29, 0.717) is 11.0 Å². The van der Waals surface area contributed by atoms with Gasteiger partial charge in [-0.1, -0.05) is 54.1 Å². The predicted octanol–water partition coefficient (Wildman–Crippen LogP) is 3.83. The summed E-state index contributed by atoms with van der Waals surface area (Å²) in [7, 11) is -3.75. The second-order valence-corrected chi connectivity index (χ2v) is 9.54. The van der Waals surface area contributed by atoms with Crippen molar-refractivity contribution in [1.29, 1.82) is 0 Å². The zero-order valence-corrected chi connectivity index (χ0v) is 18.1. The van der Waals surface area contributed by atoms with Crippen LogP contribution in [0.1, 0.15) is 18.4 Å². The molecule has 162 valence electrons. The van der Waals surface area contributed by atoms with Crippen LogP contribution >= 0.6 is 11.6 Å². The summed E-state index contributed by atoms with van der Waals surface area (Å²) < 4.78 is 33.5. The zero-order valence-electron chi connectivity index (χ0n) is 16.6. The number of benzene rings is 2. The Labute approximate surface area is 185 Å². The first kappa shape index (κ1) is 21.3. The van der Waals surface area contributed by atoms with Gasteiger partial charge in [0.25, 0.3) is 0 Å². The minimum absolute atomic E-state index is 0.00469. The molecular formula is C21H21ClN4O4S. The number of carbonyl (C=O) groups is 1. The summed E-state index contributed by atoms with van der Waals surface area (Å²) in [6.07, 6.45) is 0.124. The molecule has 1 aliphatic heterocycles. The number of piperidine rings is 1. The van der Waals surface area contributed by atoms with Gasteiger partial charge in [-0.15, -0.1) is 0 Å². The average molecular weight is 461 g/mol. The Hall–Kier alpha value is -2.91. The van der Waals surface area contributed by atoms with Crippen LogP contribution in [0.5, 0.6) is 0 Å². The fourth-order valence-corrected chi connectivity index (χ4v) is 5.07. The molecule has 2 heterocycles. The van der Waals surface area contributed by atoms with Crippen LogP contribution in [-0.2, 0) is 21.4 Å². The Kier molecular flexibility index (Phi) is 6.24. The van der Waals surface area contributed by atoms with E-state index in [9.17, 15) is 13.2 Å². The maximum absolute atomic E-state index is 12.9. The lowest BCUT2D eigenvalue weighted by Crippen LogP contribution is -2.44. The van der Waals surface area contributed by atoms with Crippen molar-refractivity contribution in [2.75, 3.05) is 17.8 Å². The molecule has 0 unspecified atom stereocenters. The number of nitrogens with one attached hydrogen (secondary N) is 1. The molecule has 1 N–H and O–H groups in total. The number of fused-ring (bicyclic) bond motifs is 1. The summed E-state index contributed by atoms with van der Waals surface area (Å²) in [4.78, 5) is 22.3. The number of hydrogen-bond donors (Lipinski definition) is 1. The molecule has 10 heteroatoms. The quantitative estimate of drug-likeness (QED) is 0.621. The number of halogens is 1. The molecule has 2 aromatic carbocycles. The minimum Gasteiger partial charge on any atom is -0.445 e. The van der Waals surface area contributed by atoms with Crippen molar-refractivity contribution in [3.63, 3.8) is 0 Å². The molecule has 1 aliphatic rings. The molecule has 0 saturated carbocycles. The van der Waals surface area contributed by atoms with Crippen LogP contribution in [0.15, 0.2) is 54.6 Å². The van der Waals surface area contributed by atoms with Gasteiger partial charge in [-0.3, -0.25) is 4.72 Å². The highest BCUT2D eigenvalue weighted by atomic mass is 35.5. The van der Waals surface area contributed by atoms with Crippen LogP contribution in [-0.4, -0.2) is 47.7 Å². The summed E-state index contributed by atoms with van der Waals surface area (Å²) in [5.74, 6) is 0.00469. The summed E-state index contributed by atoms with van der Waals surface area (Å²) in [6, 6.07) is 16.5. The molecule has 0 spiro atoms. The van der Waals surface area contributed by atoms with Gasteiger partial charge in [0.1, 0.15) is 6.61 Å². The summed E-state index contributed by atoms with van der Waals surface area (Å²) in [5.41, 5.74) is 2.02. The van der Waals surface area contributed by atoms with Gasteiger partial charge in [-0.05, 0) is 30.5 Å². The second-order valence-electron chi connectivity index (χ2n) is 7.23. The molecule has 3 aromatic rings. The number of aromatic nitrogens is 2. The first-order chi connectivity index (χ1) is 14.9. The minimum atomic E-state index is -3.75. The van der Waals surface area contributed by atoms with E-state index >= 15 is 0 Å². The van der Waals surface area contributed by atoms with Crippen LogP contribution in [0.2, 0.25) is 5.15 Å². The van der Waals surface area contributed by atoms with Crippen molar-refractivity contribution in [1.82, 2.24) is 14.9 Å². The van der Waals surface area contributed by atoms with Gasteiger partial charge < -0.3 is 9.64 Å². The van der Waals surface area contributed by atoms with E-state index in [1.165, 1.54) is 4.90 Å². The van der Waals surface area contributed by atoms with Crippen LogP contribution in [0.4, 0.5) is 10.6 Å². The molecule has 31 heavy (non-hydrogen) atoms. The van der Waals surface area contributed by atoms with Crippen molar-refractivity contribution >= 4 is 44.6 Å². The van der Waals surface area contributed by atoms with Gasteiger partial charge in [0.05, 0.1) is 16.3 Å². The Morgan fingerprint density at radius 1 is 1.03 bits per heavy atom. The highest BCUT2D eigenvalue weighted by Crippen LogP contribution is 2.25. The van der Waals surface area contributed by atoms with Crippen molar-refractivity contribution in [2.24, 2.45) is 0 Å². The third-order valence-electron chi connectivity index (χ3n) is 5.11. The van der Waals surface area contributed by atoms with Gasteiger partial charge in [0.15, 0.2) is 11.0 Å². The predicted molar refractivity (Wildman–Crippen MR) is 118 cm³/mol. The third-order valence-corrected chi connectivity index (χ3v) is 7.20. The number of nitrogens with zero attached hydrogens (tertiary/aromatic N) is 3. The SMILES string of the molecule is O=C(OCc1ccccc1)N1CCC(S(=O)(=O)Nc2nc3ccccc3nc2Cl)CC1. The number of likely N-dealkylation sites (tertiary alicyclic amines) is 1. The number of carbonyl (C=O) groups excluding carboxylic acids is 1. The van der Waals surface area contributed by atoms with Gasteiger partial charge in [0, 0.05) is 13.1 Å². The number of anilines is 1. The lowest BCUT2D eigenvalue weighted by molar-refractivity contribution is 0.0897. The fraction of sp³-hybridized carbons (Fsp3) is 0.286. The molecule has 0 bridgehead atoms. The summed E-state index contributed by atoms with van der Waals surface area (Å²) in [6.45, 7) is 0.755. The molecular weight excluding hydrogens is 440 g/mol. The van der Waals surface area contributed by atoms with Gasteiger partial charge in [-0.2, -0.15) is 0 Å². The molecule has 1 fully saturated rings. The molecule has 8 nitrogen and oxygen atoms in total. The maximum atomic E-state index is 12.9. The van der Waals surface area contributed by atoms with E-state index < -0.39 is 21.4 Å². The van der Waals surface area contributed by atoms with Crippen LogP contribution in [0.3, 0.4) is 0 Å². The smallest absolute Gasteiger partial charge is 0.410 e. The fourth-order valence-electron chi connectivity index (χ4n) is 3.42. The van der Waals surface area contributed by atoms with E-state index in [0.717, 1.165) is 5.56 Å². The monoisotopic (exact) mass is 460 g/mol. The van der Waals surface area contributed by atoms with Gasteiger partial charge in [0.2, 0.25) is 10.0 Å². The van der Waals surface area contributed by atoms with Crippen LogP contribution in [0, 0.1) is 0 Å². The highest BCUT2D eigenvalue weighted by molar-refractivity contribution is 7.93. The lowest BCUT2D eigenvalue weighted by Gasteiger charge is -2.31.